The van der Waals surface area contributed by atoms with Crippen molar-refractivity contribution < 1.29 is 20.1 Å². The molecule has 10 heteroatoms. The average molecular weight is 297 g/mol. The summed E-state index contributed by atoms with van der Waals surface area (Å²) >= 11 is 0. The standard InChI is InChI=1S/C11H15N5O5/c1-3-13-5-8(14-11(12)15-9(5)20)16(3)10-7(19)6(18)4(2-17)21-10/h4,6-7,10,17-19H,2H2,1H3,(H3,12,14,15,20). The molecule has 0 spiro atoms. The molecule has 114 valence electrons. The fourth-order valence-corrected chi connectivity index (χ4v) is 2.51. The molecular formula is C11H15N5O5. The van der Waals surface area contributed by atoms with Gasteiger partial charge in [0, 0.05) is 0 Å². The Morgan fingerprint density at radius 3 is 2.71 bits per heavy atom. The zero-order valence-electron chi connectivity index (χ0n) is 11.1. The maximum atomic E-state index is 11.8. The van der Waals surface area contributed by atoms with Crippen LogP contribution in [0.1, 0.15) is 12.1 Å². The van der Waals surface area contributed by atoms with Crippen molar-refractivity contribution in [2.45, 2.75) is 31.5 Å². The third kappa shape index (κ3) is 2.00. The Balaban J connectivity index is 2.17. The van der Waals surface area contributed by atoms with Gasteiger partial charge in [-0.1, -0.05) is 0 Å². The summed E-state index contributed by atoms with van der Waals surface area (Å²) in [6.07, 6.45) is -4.49. The van der Waals surface area contributed by atoms with Gasteiger partial charge < -0.3 is 25.8 Å². The number of aryl methyl sites for hydroxylation is 1. The Labute approximate surface area is 117 Å². The van der Waals surface area contributed by atoms with E-state index in [0.29, 0.717) is 5.82 Å². The fourth-order valence-electron chi connectivity index (χ4n) is 2.51. The molecule has 2 aromatic rings. The molecule has 0 radical (unpaired) electrons. The number of anilines is 1. The van der Waals surface area contributed by atoms with Crippen molar-refractivity contribution in [3.63, 3.8) is 0 Å². The molecule has 0 amide bonds. The quantitative estimate of drug-likeness (QED) is 0.411. The maximum Gasteiger partial charge on any atom is 0.280 e. The second-order valence-corrected chi connectivity index (χ2v) is 4.88. The Morgan fingerprint density at radius 2 is 2.10 bits per heavy atom. The summed E-state index contributed by atoms with van der Waals surface area (Å²) in [6, 6.07) is 0. The molecular weight excluding hydrogens is 282 g/mol. The van der Waals surface area contributed by atoms with Crippen LogP contribution < -0.4 is 11.3 Å². The van der Waals surface area contributed by atoms with E-state index in [2.05, 4.69) is 15.0 Å². The predicted octanol–water partition coefficient (Wildman–Crippen LogP) is -2.38. The Morgan fingerprint density at radius 1 is 1.38 bits per heavy atom. The van der Waals surface area contributed by atoms with E-state index in [1.54, 1.807) is 6.92 Å². The van der Waals surface area contributed by atoms with E-state index in [0.717, 1.165) is 0 Å². The minimum Gasteiger partial charge on any atom is -0.394 e. The van der Waals surface area contributed by atoms with Crippen LogP contribution in [0.2, 0.25) is 0 Å². The normalized spacial score (nSPS) is 29.3. The number of rotatable bonds is 2. The number of hydrogen-bond acceptors (Lipinski definition) is 8. The van der Waals surface area contributed by atoms with Gasteiger partial charge in [0.05, 0.1) is 6.61 Å². The zero-order valence-corrected chi connectivity index (χ0v) is 11.1. The molecule has 1 aliphatic rings. The van der Waals surface area contributed by atoms with Crippen molar-refractivity contribution in [1.29, 1.82) is 0 Å². The number of aromatic nitrogens is 4. The molecule has 1 aliphatic heterocycles. The summed E-state index contributed by atoms with van der Waals surface area (Å²) < 4.78 is 6.81. The molecule has 4 atom stereocenters. The van der Waals surface area contributed by atoms with Gasteiger partial charge in [-0.05, 0) is 6.92 Å². The van der Waals surface area contributed by atoms with Gasteiger partial charge in [0.1, 0.15) is 24.1 Å². The molecule has 0 saturated carbocycles. The lowest BCUT2D eigenvalue weighted by Crippen LogP contribution is -2.33. The maximum absolute atomic E-state index is 11.8. The zero-order chi connectivity index (χ0) is 15.3. The van der Waals surface area contributed by atoms with Gasteiger partial charge in [-0.3, -0.25) is 14.3 Å². The van der Waals surface area contributed by atoms with Gasteiger partial charge in [0.25, 0.3) is 5.56 Å². The van der Waals surface area contributed by atoms with Crippen molar-refractivity contribution in [1.82, 2.24) is 19.5 Å². The molecule has 1 saturated heterocycles. The first-order valence-electron chi connectivity index (χ1n) is 6.30. The number of aliphatic hydroxyl groups is 3. The molecule has 6 N–H and O–H groups in total. The molecule has 1 fully saturated rings. The van der Waals surface area contributed by atoms with Crippen molar-refractivity contribution in [3.8, 4) is 0 Å². The van der Waals surface area contributed by atoms with E-state index in [9.17, 15) is 15.0 Å². The number of aromatic amines is 1. The molecule has 0 aromatic carbocycles. The minimum absolute atomic E-state index is 0.0550. The highest BCUT2D eigenvalue weighted by molar-refractivity contribution is 5.71. The molecule has 4 unspecified atom stereocenters. The summed E-state index contributed by atoms with van der Waals surface area (Å²) in [5.74, 6) is 0.267. The second-order valence-electron chi connectivity index (χ2n) is 4.88. The lowest BCUT2D eigenvalue weighted by Gasteiger charge is -2.18. The van der Waals surface area contributed by atoms with Gasteiger partial charge >= 0.3 is 0 Å². The van der Waals surface area contributed by atoms with Gasteiger partial charge in [-0.15, -0.1) is 0 Å². The molecule has 0 aliphatic carbocycles. The van der Waals surface area contributed by atoms with E-state index in [4.69, 9.17) is 15.6 Å². The number of aliphatic hydroxyl groups excluding tert-OH is 3. The molecule has 0 bridgehead atoms. The van der Waals surface area contributed by atoms with Crippen LogP contribution in [0.5, 0.6) is 0 Å². The van der Waals surface area contributed by atoms with Crippen molar-refractivity contribution in [3.05, 3.63) is 16.2 Å². The van der Waals surface area contributed by atoms with Gasteiger partial charge in [-0.2, -0.15) is 4.98 Å². The van der Waals surface area contributed by atoms with Crippen molar-refractivity contribution in [2.24, 2.45) is 0 Å². The number of nitrogen functional groups attached to an aromatic ring is 1. The first kappa shape index (κ1) is 13.9. The summed E-state index contributed by atoms with van der Waals surface area (Å²) in [6.45, 7) is 1.16. The monoisotopic (exact) mass is 297 g/mol. The molecule has 2 aromatic heterocycles. The van der Waals surface area contributed by atoms with Crippen molar-refractivity contribution >= 4 is 17.1 Å². The van der Waals surface area contributed by atoms with E-state index >= 15 is 0 Å². The highest BCUT2D eigenvalue weighted by atomic mass is 16.6. The summed E-state index contributed by atoms with van der Waals surface area (Å²) in [5, 5.41) is 29.0. The van der Waals surface area contributed by atoms with Crippen LogP contribution in [0, 0.1) is 6.92 Å². The Hall–Kier alpha value is -2.01. The first-order chi connectivity index (χ1) is 9.93. The number of ether oxygens (including phenoxy) is 1. The van der Waals surface area contributed by atoms with Crippen LogP contribution >= 0.6 is 0 Å². The van der Waals surface area contributed by atoms with E-state index in [-0.39, 0.29) is 17.1 Å². The topological polar surface area (TPSA) is 160 Å². The summed E-state index contributed by atoms with van der Waals surface area (Å²) in [4.78, 5) is 22.2. The lowest BCUT2D eigenvalue weighted by molar-refractivity contribution is -0.0519. The number of nitrogens with one attached hydrogen (secondary N) is 1. The Bertz CT molecular complexity index is 740. The van der Waals surface area contributed by atoms with E-state index in [1.165, 1.54) is 4.57 Å². The third-order valence-electron chi connectivity index (χ3n) is 3.52. The van der Waals surface area contributed by atoms with Gasteiger partial charge in [-0.25, -0.2) is 4.98 Å². The minimum atomic E-state index is -1.29. The van der Waals surface area contributed by atoms with Gasteiger partial charge in [0.2, 0.25) is 5.95 Å². The lowest BCUT2D eigenvalue weighted by atomic mass is 10.1. The summed E-state index contributed by atoms with van der Waals surface area (Å²) in [7, 11) is 0. The third-order valence-corrected chi connectivity index (χ3v) is 3.52. The number of nitrogens with zero attached hydrogens (tertiary/aromatic N) is 3. The number of imidazole rings is 1. The van der Waals surface area contributed by atoms with Crippen LogP contribution in [0.15, 0.2) is 4.79 Å². The van der Waals surface area contributed by atoms with Crippen LogP contribution in [0.4, 0.5) is 5.95 Å². The Kier molecular flexibility index (Phi) is 3.17. The van der Waals surface area contributed by atoms with Crippen LogP contribution in [0.25, 0.3) is 11.2 Å². The molecule has 10 nitrogen and oxygen atoms in total. The van der Waals surface area contributed by atoms with Crippen molar-refractivity contribution in [2.75, 3.05) is 12.3 Å². The number of nitrogens with two attached hydrogens (primary N) is 1. The first-order valence-corrected chi connectivity index (χ1v) is 6.30. The highest BCUT2D eigenvalue weighted by Gasteiger charge is 2.44. The number of fused-ring (bicyclic) bond motifs is 1. The molecule has 3 heterocycles. The average Bonchev–Trinajstić information content (AvgIpc) is 2.89. The highest BCUT2D eigenvalue weighted by Crippen LogP contribution is 2.32. The largest absolute Gasteiger partial charge is 0.394 e. The number of H-pyrrole nitrogens is 1. The van der Waals surface area contributed by atoms with E-state index < -0.39 is 36.7 Å². The fraction of sp³-hybridized carbons (Fsp3) is 0.545. The van der Waals surface area contributed by atoms with Crippen LogP contribution in [-0.2, 0) is 4.74 Å². The molecule has 3 rings (SSSR count). The second kappa shape index (κ2) is 4.77. The van der Waals surface area contributed by atoms with E-state index in [1.807, 2.05) is 0 Å². The number of hydrogen-bond donors (Lipinski definition) is 5. The van der Waals surface area contributed by atoms with Crippen LogP contribution in [-0.4, -0.2) is 59.8 Å². The summed E-state index contributed by atoms with van der Waals surface area (Å²) in [5.41, 5.74) is 5.21. The SMILES string of the molecule is Cc1nc2c(=O)[nH]c(N)nc2n1C1OC(CO)C(O)C1O. The predicted molar refractivity (Wildman–Crippen MR) is 70.3 cm³/mol. The van der Waals surface area contributed by atoms with Crippen LogP contribution in [0.3, 0.4) is 0 Å². The molecule has 21 heavy (non-hydrogen) atoms. The smallest absolute Gasteiger partial charge is 0.280 e. The van der Waals surface area contributed by atoms with Gasteiger partial charge in [0.15, 0.2) is 17.4 Å².